The van der Waals surface area contributed by atoms with Crippen LogP contribution >= 0.6 is 0 Å². The standard InChI is InChI=1S/C12H16F3N/c1-8-7-11(12(13,14)15)6-5-10(8)4-3-9(2)16/h5-7,9H,3-4,16H2,1-2H3. The van der Waals surface area contributed by atoms with E-state index in [1.165, 1.54) is 6.07 Å². The molecule has 0 aromatic heterocycles. The van der Waals surface area contributed by atoms with Crippen molar-refractivity contribution >= 4 is 0 Å². The van der Waals surface area contributed by atoms with Crippen LogP contribution < -0.4 is 5.73 Å². The zero-order valence-corrected chi connectivity index (χ0v) is 9.43. The molecule has 0 aliphatic rings. The molecule has 2 N–H and O–H groups in total. The first-order chi connectivity index (χ1) is 7.30. The lowest BCUT2D eigenvalue weighted by atomic mass is 9.99. The fourth-order valence-corrected chi connectivity index (χ4v) is 1.54. The highest BCUT2D eigenvalue weighted by Gasteiger charge is 2.30. The minimum absolute atomic E-state index is 0.0710. The monoisotopic (exact) mass is 231 g/mol. The van der Waals surface area contributed by atoms with Gasteiger partial charge in [-0.2, -0.15) is 13.2 Å². The molecule has 1 aromatic rings. The SMILES string of the molecule is Cc1cc(C(F)(F)F)ccc1CCC(C)N. The normalized spacial score (nSPS) is 13.9. The first kappa shape index (κ1) is 13.0. The summed E-state index contributed by atoms with van der Waals surface area (Å²) in [6.45, 7) is 3.59. The number of aryl methyl sites for hydroxylation is 2. The number of hydrogen-bond donors (Lipinski definition) is 1. The maximum atomic E-state index is 12.4. The Balaban J connectivity index is 2.84. The van der Waals surface area contributed by atoms with Crippen molar-refractivity contribution in [2.45, 2.75) is 38.9 Å². The van der Waals surface area contributed by atoms with Crippen molar-refractivity contribution in [3.8, 4) is 0 Å². The van der Waals surface area contributed by atoms with Crippen LogP contribution in [0.25, 0.3) is 0 Å². The molecule has 0 aliphatic carbocycles. The summed E-state index contributed by atoms with van der Waals surface area (Å²) in [5, 5.41) is 0. The van der Waals surface area contributed by atoms with E-state index in [-0.39, 0.29) is 6.04 Å². The maximum absolute atomic E-state index is 12.4. The van der Waals surface area contributed by atoms with Gasteiger partial charge >= 0.3 is 6.18 Å². The van der Waals surface area contributed by atoms with Crippen molar-refractivity contribution in [3.05, 3.63) is 34.9 Å². The van der Waals surface area contributed by atoms with Gasteiger partial charge in [0.1, 0.15) is 0 Å². The molecule has 4 heteroatoms. The Kier molecular flexibility index (Phi) is 3.97. The van der Waals surface area contributed by atoms with Crippen LogP contribution in [0.4, 0.5) is 13.2 Å². The van der Waals surface area contributed by atoms with Crippen LogP contribution in [-0.4, -0.2) is 6.04 Å². The van der Waals surface area contributed by atoms with Crippen LogP contribution in [0.5, 0.6) is 0 Å². The number of hydrogen-bond acceptors (Lipinski definition) is 1. The summed E-state index contributed by atoms with van der Waals surface area (Å²) in [7, 11) is 0. The van der Waals surface area contributed by atoms with E-state index in [0.717, 1.165) is 24.5 Å². The summed E-state index contributed by atoms with van der Waals surface area (Å²) in [6, 6.07) is 3.93. The summed E-state index contributed by atoms with van der Waals surface area (Å²) < 4.78 is 37.2. The van der Waals surface area contributed by atoms with Gasteiger partial charge in [-0.1, -0.05) is 6.07 Å². The molecule has 16 heavy (non-hydrogen) atoms. The minimum atomic E-state index is -4.26. The average Bonchev–Trinajstić information content (AvgIpc) is 2.14. The molecule has 90 valence electrons. The highest BCUT2D eigenvalue weighted by molar-refractivity contribution is 5.32. The summed E-state index contributed by atoms with van der Waals surface area (Å²) in [5.41, 5.74) is 6.63. The van der Waals surface area contributed by atoms with Crippen LogP contribution in [0, 0.1) is 6.92 Å². The molecule has 0 radical (unpaired) electrons. The molecule has 0 saturated heterocycles. The van der Waals surface area contributed by atoms with E-state index in [1.807, 2.05) is 6.92 Å². The Labute approximate surface area is 93.5 Å². The number of benzene rings is 1. The molecule has 0 amide bonds. The van der Waals surface area contributed by atoms with Crippen LogP contribution in [0.2, 0.25) is 0 Å². The number of nitrogens with two attached hydrogens (primary N) is 1. The Morgan fingerprint density at radius 3 is 2.38 bits per heavy atom. The summed E-state index contributed by atoms with van der Waals surface area (Å²) in [5.74, 6) is 0. The predicted molar refractivity (Wildman–Crippen MR) is 58.2 cm³/mol. The topological polar surface area (TPSA) is 26.0 Å². The molecular weight excluding hydrogens is 215 g/mol. The summed E-state index contributed by atoms with van der Waals surface area (Å²) >= 11 is 0. The molecule has 1 rings (SSSR count). The van der Waals surface area contributed by atoms with Gasteiger partial charge < -0.3 is 5.73 Å². The summed E-state index contributed by atoms with van der Waals surface area (Å²) in [4.78, 5) is 0. The Morgan fingerprint density at radius 1 is 1.31 bits per heavy atom. The number of alkyl halides is 3. The van der Waals surface area contributed by atoms with Gasteiger partial charge in [-0.05, 0) is 49.9 Å². The van der Waals surface area contributed by atoms with E-state index in [2.05, 4.69) is 0 Å². The Hall–Kier alpha value is -1.03. The van der Waals surface area contributed by atoms with E-state index >= 15 is 0 Å². The molecule has 0 aliphatic heterocycles. The van der Waals surface area contributed by atoms with Gasteiger partial charge in [0.15, 0.2) is 0 Å². The molecule has 0 heterocycles. The van der Waals surface area contributed by atoms with Crippen molar-refractivity contribution in [2.75, 3.05) is 0 Å². The second-order valence-corrected chi connectivity index (χ2v) is 4.15. The molecule has 1 atom stereocenters. The molecular formula is C12H16F3N. The lowest BCUT2D eigenvalue weighted by Gasteiger charge is -2.11. The van der Waals surface area contributed by atoms with E-state index in [4.69, 9.17) is 5.73 Å². The number of halogens is 3. The maximum Gasteiger partial charge on any atom is 0.416 e. The quantitative estimate of drug-likeness (QED) is 0.848. The third kappa shape index (κ3) is 3.52. The lowest BCUT2D eigenvalue weighted by Crippen LogP contribution is -2.15. The zero-order valence-electron chi connectivity index (χ0n) is 9.43. The second kappa shape index (κ2) is 4.87. The van der Waals surface area contributed by atoms with Crippen molar-refractivity contribution in [1.82, 2.24) is 0 Å². The van der Waals surface area contributed by atoms with Crippen LogP contribution in [0.1, 0.15) is 30.0 Å². The van der Waals surface area contributed by atoms with E-state index in [0.29, 0.717) is 5.56 Å². The molecule has 1 aromatic carbocycles. The minimum Gasteiger partial charge on any atom is -0.328 e. The molecule has 0 saturated carbocycles. The lowest BCUT2D eigenvalue weighted by molar-refractivity contribution is -0.137. The van der Waals surface area contributed by atoms with Crippen LogP contribution in [0.15, 0.2) is 18.2 Å². The third-order valence-corrected chi connectivity index (χ3v) is 2.54. The molecule has 1 unspecified atom stereocenters. The van der Waals surface area contributed by atoms with Crippen molar-refractivity contribution in [3.63, 3.8) is 0 Å². The first-order valence-electron chi connectivity index (χ1n) is 5.23. The predicted octanol–water partition coefficient (Wildman–Crippen LogP) is 3.29. The first-order valence-corrected chi connectivity index (χ1v) is 5.23. The number of rotatable bonds is 3. The van der Waals surface area contributed by atoms with Crippen LogP contribution in [0.3, 0.4) is 0 Å². The molecule has 1 nitrogen and oxygen atoms in total. The highest BCUT2D eigenvalue weighted by atomic mass is 19.4. The zero-order chi connectivity index (χ0) is 12.3. The van der Waals surface area contributed by atoms with Gasteiger partial charge in [0.25, 0.3) is 0 Å². The van der Waals surface area contributed by atoms with Crippen molar-refractivity contribution in [2.24, 2.45) is 5.73 Å². The fourth-order valence-electron chi connectivity index (χ4n) is 1.54. The smallest absolute Gasteiger partial charge is 0.328 e. The van der Waals surface area contributed by atoms with Crippen molar-refractivity contribution < 1.29 is 13.2 Å². The summed E-state index contributed by atoms with van der Waals surface area (Å²) in [6.07, 6.45) is -2.75. The Morgan fingerprint density at radius 2 is 1.94 bits per heavy atom. The van der Waals surface area contributed by atoms with E-state index in [9.17, 15) is 13.2 Å². The highest BCUT2D eigenvalue weighted by Crippen LogP contribution is 2.30. The van der Waals surface area contributed by atoms with E-state index in [1.54, 1.807) is 13.0 Å². The van der Waals surface area contributed by atoms with Gasteiger partial charge in [0.2, 0.25) is 0 Å². The second-order valence-electron chi connectivity index (χ2n) is 4.15. The average molecular weight is 231 g/mol. The van der Waals surface area contributed by atoms with Gasteiger partial charge in [-0.15, -0.1) is 0 Å². The largest absolute Gasteiger partial charge is 0.416 e. The van der Waals surface area contributed by atoms with Crippen molar-refractivity contribution in [1.29, 1.82) is 0 Å². The van der Waals surface area contributed by atoms with E-state index < -0.39 is 11.7 Å². The third-order valence-electron chi connectivity index (χ3n) is 2.54. The molecule has 0 spiro atoms. The van der Waals surface area contributed by atoms with Gasteiger partial charge in [0, 0.05) is 6.04 Å². The van der Waals surface area contributed by atoms with Gasteiger partial charge in [-0.3, -0.25) is 0 Å². The van der Waals surface area contributed by atoms with Gasteiger partial charge in [-0.25, -0.2) is 0 Å². The molecule has 0 fully saturated rings. The van der Waals surface area contributed by atoms with Gasteiger partial charge in [0.05, 0.1) is 5.56 Å². The van der Waals surface area contributed by atoms with Crippen LogP contribution in [-0.2, 0) is 12.6 Å². The fraction of sp³-hybridized carbons (Fsp3) is 0.500. The molecule has 0 bridgehead atoms. The Bertz CT molecular complexity index is 356.